The molecule has 272 valence electrons. The summed E-state index contributed by atoms with van der Waals surface area (Å²) in [5.41, 5.74) is 4.03. The predicted molar refractivity (Wildman–Crippen MR) is 198 cm³/mol. The number of benzene rings is 1. The first kappa shape index (κ1) is 35.8. The Morgan fingerprint density at radius 3 is 2.39 bits per heavy atom. The summed E-state index contributed by atoms with van der Waals surface area (Å²) in [6, 6.07) is 8.07. The standard InChI is InChI=1S/C42H63FN2O3S/c1-28(27-43)31-13-19-42(44-21-22-45-23-25-49(47)26-24-45)20-15-34-32(37(31)42)11-12-36-40(34,4)18-16-35-39(2,3)33(14-17-41(35,36)5)29-7-9-30(10-8-29)38(46)48-6/h7-10,14,28,31-32,34-37,44H,11-13,15-27H2,1-6H3/t28?,31?,32?,34?,35?,36-,37?,40?,41?,42?/m0/s1. The molecule has 49 heavy (non-hydrogen) atoms. The maximum absolute atomic E-state index is 14.5. The summed E-state index contributed by atoms with van der Waals surface area (Å²) in [6.07, 6.45) is 13.7. The molecule has 0 aromatic heterocycles. The molecule has 9 unspecified atom stereocenters. The molecular weight excluding hydrogens is 632 g/mol. The Bertz CT molecular complexity index is 1440. The first-order valence-corrected chi connectivity index (χ1v) is 21.1. The molecular formula is C42H63FN2O3S. The number of methoxy groups -OCH3 is 1. The van der Waals surface area contributed by atoms with Gasteiger partial charge in [0.2, 0.25) is 0 Å². The largest absolute Gasteiger partial charge is 0.465 e. The van der Waals surface area contributed by atoms with E-state index in [4.69, 9.17) is 4.74 Å². The summed E-state index contributed by atoms with van der Waals surface area (Å²) < 4.78 is 31.4. The van der Waals surface area contributed by atoms with Crippen LogP contribution in [0.25, 0.3) is 5.57 Å². The lowest BCUT2D eigenvalue weighted by molar-refractivity contribution is -0.177. The molecule has 7 heteroatoms. The molecule has 0 radical (unpaired) electrons. The Morgan fingerprint density at radius 1 is 0.980 bits per heavy atom. The molecule has 4 saturated carbocycles. The van der Waals surface area contributed by atoms with Crippen LogP contribution in [0.4, 0.5) is 4.39 Å². The van der Waals surface area contributed by atoms with Crippen LogP contribution in [0.2, 0.25) is 0 Å². The van der Waals surface area contributed by atoms with Gasteiger partial charge in [0.25, 0.3) is 0 Å². The molecule has 1 N–H and O–H groups in total. The summed E-state index contributed by atoms with van der Waals surface area (Å²) >= 11 is 0. The van der Waals surface area contributed by atoms with Crippen molar-refractivity contribution in [3.05, 3.63) is 41.5 Å². The maximum Gasteiger partial charge on any atom is 0.337 e. The van der Waals surface area contributed by atoms with Gasteiger partial charge in [-0.25, -0.2) is 4.79 Å². The van der Waals surface area contributed by atoms with Gasteiger partial charge in [0.15, 0.2) is 0 Å². The Labute approximate surface area is 298 Å². The highest BCUT2D eigenvalue weighted by atomic mass is 32.2. The normalized spacial score (nSPS) is 41.1. The van der Waals surface area contributed by atoms with Crippen LogP contribution in [0.3, 0.4) is 0 Å². The number of carbonyl (C=O) groups is 1. The minimum absolute atomic E-state index is 0.0418. The number of rotatable bonds is 8. The minimum Gasteiger partial charge on any atom is -0.465 e. The van der Waals surface area contributed by atoms with Gasteiger partial charge in [0.1, 0.15) is 0 Å². The smallest absolute Gasteiger partial charge is 0.337 e. The van der Waals surface area contributed by atoms with E-state index in [0.717, 1.165) is 50.5 Å². The number of carbonyl (C=O) groups excluding carboxylic acids is 1. The molecule has 1 heterocycles. The topological polar surface area (TPSA) is 58.6 Å². The third-order valence-electron chi connectivity index (χ3n) is 16.0. The number of esters is 1. The van der Waals surface area contributed by atoms with Gasteiger partial charge in [-0.1, -0.05) is 52.8 Å². The van der Waals surface area contributed by atoms with Gasteiger partial charge in [0.05, 0.1) is 19.3 Å². The van der Waals surface area contributed by atoms with Gasteiger partial charge in [0, 0.05) is 54.0 Å². The minimum atomic E-state index is -0.638. The number of nitrogens with zero attached hydrogens (tertiary/aromatic N) is 1. The fourth-order valence-electron chi connectivity index (χ4n) is 13.7. The highest BCUT2D eigenvalue weighted by Crippen LogP contribution is 2.73. The van der Waals surface area contributed by atoms with Crippen molar-refractivity contribution in [3.63, 3.8) is 0 Å². The molecule has 1 aliphatic heterocycles. The number of fused-ring (bicyclic) bond motifs is 7. The molecule has 5 nitrogen and oxygen atoms in total. The van der Waals surface area contributed by atoms with E-state index in [-0.39, 0.29) is 34.9 Å². The number of alkyl halides is 1. The zero-order valence-electron chi connectivity index (χ0n) is 31.2. The second kappa shape index (κ2) is 13.4. The monoisotopic (exact) mass is 694 g/mol. The van der Waals surface area contributed by atoms with Gasteiger partial charge in [-0.15, -0.1) is 0 Å². The molecule has 5 aliphatic carbocycles. The Hall–Kier alpha value is -1.57. The van der Waals surface area contributed by atoms with E-state index in [1.54, 1.807) is 0 Å². The van der Waals surface area contributed by atoms with Crippen molar-refractivity contribution in [2.75, 3.05) is 51.5 Å². The van der Waals surface area contributed by atoms with Gasteiger partial charge < -0.3 is 15.0 Å². The molecule has 5 fully saturated rings. The van der Waals surface area contributed by atoms with Crippen molar-refractivity contribution in [1.82, 2.24) is 10.2 Å². The number of ether oxygens (including phenoxy) is 1. The summed E-state index contributed by atoms with van der Waals surface area (Å²) in [7, 11) is 0.801. The number of hydrogen-bond acceptors (Lipinski definition) is 5. The Morgan fingerprint density at radius 2 is 1.69 bits per heavy atom. The lowest BCUT2D eigenvalue weighted by Gasteiger charge is -2.68. The van der Waals surface area contributed by atoms with Gasteiger partial charge in [-0.3, -0.25) is 8.60 Å². The lowest BCUT2D eigenvalue weighted by atomic mass is 9.36. The third-order valence-corrected chi connectivity index (χ3v) is 17.3. The Balaban J connectivity index is 1.13. The van der Waals surface area contributed by atoms with Crippen molar-refractivity contribution in [2.24, 2.45) is 57.7 Å². The van der Waals surface area contributed by atoms with E-state index in [0.29, 0.717) is 46.5 Å². The van der Waals surface area contributed by atoms with Gasteiger partial charge in [-0.05, 0) is 139 Å². The predicted octanol–water partition coefficient (Wildman–Crippen LogP) is 8.17. The summed E-state index contributed by atoms with van der Waals surface area (Å²) in [6.45, 7) is 16.2. The molecule has 6 aliphatic rings. The van der Waals surface area contributed by atoms with Crippen LogP contribution in [-0.2, 0) is 15.5 Å². The van der Waals surface area contributed by atoms with Gasteiger partial charge in [-0.2, -0.15) is 0 Å². The average Bonchev–Trinajstić information content (AvgIpc) is 3.48. The third kappa shape index (κ3) is 5.92. The first-order chi connectivity index (χ1) is 23.4. The molecule has 10 atom stereocenters. The van der Waals surface area contributed by atoms with Crippen LogP contribution in [0, 0.1) is 57.7 Å². The van der Waals surface area contributed by atoms with Crippen molar-refractivity contribution in [2.45, 2.75) is 97.9 Å². The number of hydrogen-bond donors (Lipinski definition) is 1. The fourth-order valence-corrected chi connectivity index (χ4v) is 14.9. The molecule has 7 rings (SSSR count). The van der Waals surface area contributed by atoms with E-state index in [1.807, 2.05) is 12.1 Å². The van der Waals surface area contributed by atoms with Gasteiger partial charge >= 0.3 is 5.97 Å². The van der Waals surface area contributed by atoms with Crippen LogP contribution in [0.15, 0.2) is 30.3 Å². The maximum atomic E-state index is 14.5. The molecule has 1 aromatic carbocycles. The van der Waals surface area contributed by atoms with Crippen molar-refractivity contribution in [1.29, 1.82) is 0 Å². The fraction of sp³-hybridized carbons (Fsp3) is 0.786. The molecule has 1 saturated heterocycles. The quantitative estimate of drug-likeness (QED) is 0.279. The second-order valence-electron chi connectivity index (χ2n) is 18.3. The van der Waals surface area contributed by atoms with Crippen LogP contribution >= 0.6 is 0 Å². The summed E-state index contributed by atoms with van der Waals surface area (Å²) in [5.74, 6) is 5.21. The van der Waals surface area contributed by atoms with Crippen LogP contribution in [0.1, 0.15) is 108 Å². The number of nitrogens with one attached hydrogen (secondary N) is 1. The van der Waals surface area contributed by atoms with E-state index in [1.165, 1.54) is 63.2 Å². The van der Waals surface area contributed by atoms with Crippen molar-refractivity contribution >= 4 is 22.3 Å². The summed E-state index contributed by atoms with van der Waals surface area (Å²) in [5, 5.41) is 4.21. The Kier molecular flexibility index (Phi) is 9.83. The SMILES string of the molecule is COC(=O)c1ccc(C2=CCC3(C)C(CCC4(C)C5CCC6(NCCN7CCS(=O)CC7)CCC(C(C)CF)C6C5CC[C@@H]43)C2(C)C)cc1. The first-order valence-electron chi connectivity index (χ1n) is 19.7. The molecule has 0 bridgehead atoms. The zero-order chi connectivity index (χ0) is 34.8. The van der Waals surface area contributed by atoms with Crippen LogP contribution < -0.4 is 5.32 Å². The van der Waals surface area contributed by atoms with E-state index >= 15 is 0 Å². The second-order valence-corrected chi connectivity index (χ2v) is 20.0. The van der Waals surface area contributed by atoms with E-state index < -0.39 is 10.8 Å². The molecule has 1 aromatic rings. The summed E-state index contributed by atoms with van der Waals surface area (Å²) in [4.78, 5) is 14.6. The highest BCUT2D eigenvalue weighted by molar-refractivity contribution is 7.85. The highest BCUT2D eigenvalue weighted by Gasteiger charge is 2.66. The van der Waals surface area contributed by atoms with E-state index in [2.05, 4.69) is 63.0 Å². The van der Waals surface area contributed by atoms with Crippen molar-refractivity contribution in [3.8, 4) is 0 Å². The van der Waals surface area contributed by atoms with Crippen LogP contribution in [-0.4, -0.2) is 72.1 Å². The number of halogens is 1. The van der Waals surface area contributed by atoms with Crippen molar-refractivity contribution < 1.29 is 18.1 Å². The van der Waals surface area contributed by atoms with E-state index in [9.17, 15) is 13.4 Å². The lowest BCUT2D eigenvalue weighted by Crippen LogP contribution is -2.64. The number of allylic oxidation sites excluding steroid dienone is 2. The van der Waals surface area contributed by atoms with Crippen LogP contribution in [0.5, 0.6) is 0 Å². The molecule has 0 spiro atoms. The molecule has 0 amide bonds. The average molecular weight is 695 g/mol. The zero-order valence-corrected chi connectivity index (χ0v) is 32.0.